The standard InChI is InChI=1S/C10H14N4OS/c1-3-6(2)4-14-5-11-7-8(14)12-10(15)13-9(7)16/h5-6H,3-4H2,1-2H3,(H2,12,13,15,16). The van der Waals surface area contributed by atoms with Gasteiger partial charge in [-0.2, -0.15) is 0 Å². The van der Waals surface area contributed by atoms with Crippen LogP contribution in [0.15, 0.2) is 11.1 Å². The van der Waals surface area contributed by atoms with Crippen molar-refractivity contribution in [3.05, 3.63) is 21.5 Å². The number of nitrogens with one attached hydrogen (secondary N) is 2. The molecule has 0 spiro atoms. The van der Waals surface area contributed by atoms with Crippen LogP contribution < -0.4 is 5.69 Å². The molecule has 2 aromatic rings. The van der Waals surface area contributed by atoms with Gasteiger partial charge in [0.25, 0.3) is 0 Å². The average Bonchev–Trinajstić information content (AvgIpc) is 2.61. The second-order valence-corrected chi connectivity index (χ2v) is 4.42. The first-order valence-electron chi connectivity index (χ1n) is 5.29. The maximum atomic E-state index is 11.3. The van der Waals surface area contributed by atoms with Crippen LogP contribution in [0.4, 0.5) is 0 Å². The highest BCUT2D eigenvalue weighted by atomic mass is 32.1. The van der Waals surface area contributed by atoms with E-state index >= 15 is 0 Å². The van der Waals surface area contributed by atoms with E-state index in [1.54, 1.807) is 6.33 Å². The fraction of sp³-hybridized carbons (Fsp3) is 0.500. The largest absolute Gasteiger partial charge is 0.325 e. The molecule has 0 aliphatic carbocycles. The maximum Gasteiger partial charge on any atom is 0.325 e. The molecule has 1 unspecified atom stereocenters. The minimum atomic E-state index is -0.289. The van der Waals surface area contributed by atoms with Gasteiger partial charge in [-0.3, -0.25) is 9.97 Å². The minimum Gasteiger partial charge on any atom is -0.316 e. The number of aromatic nitrogens is 4. The predicted octanol–water partition coefficient (Wildman–Crippen LogP) is 1.83. The van der Waals surface area contributed by atoms with E-state index in [0.29, 0.717) is 21.7 Å². The van der Waals surface area contributed by atoms with Crippen molar-refractivity contribution in [2.45, 2.75) is 26.8 Å². The molecule has 2 aromatic heterocycles. The molecule has 5 nitrogen and oxygen atoms in total. The Morgan fingerprint density at radius 2 is 2.31 bits per heavy atom. The zero-order valence-electron chi connectivity index (χ0n) is 9.28. The van der Waals surface area contributed by atoms with Crippen molar-refractivity contribution in [1.29, 1.82) is 0 Å². The summed E-state index contributed by atoms with van der Waals surface area (Å²) in [5.74, 6) is 0.540. The number of fused-ring (bicyclic) bond motifs is 1. The van der Waals surface area contributed by atoms with Crippen LogP contribution in [0.25, 0.3) is 11.2 Å². The van der Waals surface area contributed by atoms with E-state index in [0.717, 1.165) is 13.0 Å². The van der Waals surface area contributed by atoms with Crippen LogP contribution in [0.1, 0.15) is 20.3 Å². The van der Waals surface area contributed by atoms with Crippen LogP contribution in [0.3, 0.4) is 0 Å². The van der Waals surface area contributed by atoms with E-state index in [4.69, 9.17) is 12.2 Å². The number of hydrogen-bond acceptors (Lipinski definition) is 3. The maximum absolute atomic E-state index is 11.3. The molecule has 1 atom stereocenters. The summed E-state index contributed by atoms with van der Waals surface area (Å²) in [7, 11) is 0. The molecule has 0 bridgehead atoms. The Morgan fingerprint density at radius 3 is 3.00 bits per heavy atom. The Bertz CT molecular complexity index is 609. The fourth-order valence-electron chi connectivity index (χ4n) is 1.58. The van der Waals surface area contributed by atoms with Crippen LogP contribution in [0.5, 0.6) is 0 Å². The third-order valence-electron chi connectivity index (χ3n) is 2.72. The summed E-state index contributed by atoms with van der Waals surface area (Å²) in [5.41, 5.74) is 1.07. The first kappa shape index (κ1) is 11.1. The number of hydrogen-bond donors (Lipinski definition) is 2. The van der Waals surface area contributed by atoms with Crippen molar-refractivity contribution in [2.75, 3.05) is 0 Å². The van der Waals surface area contributed by atoms with Gasteiger partial charge in [-0.1, -0.05) is 32.5 Å². The summed E-state index contributed by atoms with van der Waals surface area (Å²) in [6, 6.07) is 0. The predicted molar refractivity (Wildman–Crippen MR) is 65.0 cm³/mol. The highest BCUT2D eigenvalue weighted by Gasteiger charge is 2.07. The second kappa shape index (κ2) is 4.21. The zero-order chi connectivity index (χ0) is 11.7. The summed E-state index contributed by atoms with van der Waals surface area (Å²) in [4.78, 5) is 20.7. The SMILES string of the molecule is CCC(C)Cn1cnc2c(=S)[nH]c(=O)[nH]c21. The second-order valence-electron chi connectivity index (χ2n) is 4.02. The Morgan fingerprint density at radius 1 is 1.56 bits per heavy atom. The first-order chi connectivity index (χ1) is 7.61. The van der Waals surface area contributed by atoms with Gasteiger partial charge in [0, 0.05) is 6.54 Å². The Hall–Kier alpha value is -1.43. The monoisotopic (exact) mass is 238 g/mol. The zero-order valence-corrected chi connectivity index (χ0v) is 10.1. The van der Waals surface area contributed by atoms with Crippen LogP contribution in [-0.4, -0.2) is 19.5 Å². The van der Waals surface area contributed by atoms with Crippen molar-refractivity contribution in [1.82, 2.24) is 19.5 Å². The lowest BCUT2D eigenvalue weighted by Crippen LogP contribution is -2.13. The lowest BCUT2D eigenvalue weighted by atomic mass is 10.1. The molecule has 0 saturated carbocycles. The molecule has 86 valence electrons. The number of aromatic amines is 2. The number of rotatable bonds is 3. The van der Waals surface area contributed by atoms with Gasteiger partial charge in [-0.25, -0.2) is 9.78 Å². The minimum absolute atomic E-state index is 0.289. The van der Waals surface area contributed by atoms with Gasteiger partial charge in [0.15, 0.2) is 0 Å². The lowest BCUT2D eigenvalue weighted by molar-refractivity contribution is 0.474. The van der Waals surface area contributed by atoms with Gasteiger partial charge < -0.3 is 4.57 Å². The molecule has 0 saturated heterocycles. The highest BCUT2D eigenvalue weighted by Crippen LogP contribution is 2.12. The van der Waals surface area contributed by atoms with E-state index in [9.17, 15) is 4.79 Å². The summed E-state index contributed by atoms with van der Waals surface area (Å²) < 4.78 is 2.33. The molecule has 6 heteroatoms. The van der Waals surface area contributed by atoms with Gasteiger partial charge in [0.1, 0.15) is 15.8 Å². The lowest BCUT2D eigenvalue weighted by Gasteiger charge is -2.09. The highest BCUT2D eigenvalue weighted by molar-refractivity contribution is 7.71. The van der Waals surface area contributed by atoms with Crippen LogP contribution in [-0.2, 0) is 6.54 Å². The van der Waals surface area contributed by atoms with Crippen molar-refractivity contribution >= 4 is 23.4 Å². The van der Waals surface area contributed by atoms with E-state index in [1.165, 1.54) is 0 Å². The molecular formula is C10H14N4OS. The quantitative estimate of drug-likeness (QED) is 0.802. The molecule has 0 radical (unpaired) electrons. The molecule has 2 heterocycles. The normalized spacial score (nSPS) is 13.1. The van der Waals surface area contributed by atoms with Crippen LogP contribution >= 0.6 is 12.2 Å². The Labute approximate surface area is 97.5 Å². The third-order valence-corrected chi connectivity index (χ3v) is 3.01. The van der Waals surface area contributed by atoms with Crippen molar-refractivity contribution in [3.8, 4) is 0 Å². The van der Waals surface area contributed by atoms with Crippen LogP contribution in [0, 0.1) is 10.6 Å². The molecule has 0 aromatic carbocycles. The third kappa shape index (κ3) is 1.92. The molecular weight excluding hydrogens is 224 g/mol. The van der Waals surface area contributed by atoms with E-state index in [1.807, 2.05) is 4.57 Å². The van der Waals surface area contributed by atoms with Gasteiger partial charge in [0.2, 0.25) is 0 Å². The van der Waals surface area contributed by atoms with E-state index in [-0.39, 0.29) is 5.69 Å². The van der Waals surface area contributed by atoms with E-state index in [2.05, 4.69) is 28.8 Å². The van der Waals surface area contributed by atoms with Gasteiger partial charge in [0.05, 0.1) is 6.33 Å². The fourth-order valence-corrected chi connectivity index (χ4v) is 1.83. The summed E-state index contributed by atoms with van der Waals surface area (Å²) in [6.07, 6.45) is 2.81. The van der Waals surface area contributed by atoms with Gasteiger partial charge in [-0.05, 0) is 5.92 Å². The van der Waals surface area contributed by atoms with Gasteiger partial charge in [-0.15, -0.1) is 0 Å². The molecule has 16 heavy (non-hydrogen) atoms. The number of nitrogens with zero attached hydrogens (tertiary/aromatic N) is 2. The molecule has 2 N–H and O–H groups in total. The molecule has 2 rings (SSSR count). The smallest absolute Gasteiger partial charge is 0.316 e. The number of H-pyrrole nitrogens is 2. The number of imidazole rings is 1. The van der Waals surface area contributed by atoms with Gasteiger partial charge >= 0.3 is 5.69 Å². The van der Waals surface area contributed by atoms with Crippen molar-refractivity contribution < 1.29 is 0 Å². The first-order valence-corrected chi connectivity index (χ1v) is 5.70. The van der Waals surface area contributed by atoms with Crippen LogP contribution in [0.2, 0.25) is 0 Å². The van der Waals surface area contributed by atoms with Crippen molar-refractivity contribution in [2.24, 2.45) is 5.92 Å². The summed E-state index contributed by atoms with van der Waals surface area (Å²) in [5, 5.41) is 0. The molecule has 0 aliphatic rings. The molecule has 0 amide bonds. The Kier molecular flexibility index (Phi) is 2.91. The summed E-state index contributed by atoms with van der Waals surface area (Å²) >= 11 is 5.05. The van der Waals surface area contributed by atoms with Crippen molar-refractivity contribution in [3.63, 3.8) is 0 Å². The van der Waals surface area contributed by atoms with E-state index < -0.39 is 0 Å². The summed E-state index contributed by atoms with van der Waals surface area (Å²) in [6.45, 7) is 5.13. The Balaban J connectivity index is 2.56. The molecule has 0 aliphatic heterocycles. The average molecular weight is 238 g/mol. The topological polar surface area (TPSA) is 66.5 Å². The molecule has 0 fully saturated rings.